The van der Waals surface area contributed by atoms with Gasteiger partial charge in [0.25, 0.3) is 0 Å². The van der Waals surface area contributed by atoms with Crippen LogP contribution >= 0.6 is 0 Å². The van der Waals surface area contributed by atoms with E-state index in [0.29, 0.717) is 19.0 Å². The highest BCUT2D eigenvalue weighted by Crippen LogP contribution is 2.17. The van der Waals surface area contributed by atoms with E-state index in [0.717, 1.165) is 17.4 Å². The van der Waals surface area contributed by atoms with E-state index in [2.05, 4.69) is 6.07 Å². The van der Waals surface area contributed by atoms with Gasteiger partial charge in [0.1, 0.15) is 24.7 Å². The van der Waals surface area contributed by atoms with Gasteiger partial charge in [0, 0.05) is 6.08 Å². The lowest BCUT2D eigenvalue weighted by Gasteiger charge is -2.10. The van der Waals surface area contributed by atoms with Gasteiger partial charge in [-0.15, -0.1) is 0 Å². The van der Waals surface area contributed by atoms with E-state index in [1.165, 1.54) is 17.2 Å². The summed E-state index contributed by atoms with van der Waals surface area (Å²) in [6.07, 6.45) is 2.63. The summed E-state index contributed by atoms with van der Waals surface area (Å²) >= 11 is 0. The van der Waals surface area contributed by atoms with E-state index in [1.807, 2.05) is 44.2 Å². The second-order valence-corrected chi connectivity index (χ2v) is 5.26. The number of rotatable bonds is 7. The third-order valence-corrected chi connectivity index (χ3v) is 3.09. The lowest BCUT2D eigenvalue weighted by molar-refractivity contribution is -0.131. The van der Waals surface area contributed by atoms with Gasteiger partial charge >= 0.3 is 5.97 Å². The molecule has 1 N–H and O–H groups in total. The number of hydrogen-bond donors (Lipinski definition) is 1. The number of benzene rings is 2. The van der Waals surface area contributed by atoms with Crippen LogP contribution in [0.15, 0.2) is 48.5 Å². The normalized spacial score (nSPS) is 10.7. The third kappa shape index (κ3) is 5.87. The molecule has 0 heterocycles. The molecule has 4 heteroatoms. The molecule has 0 spiro atoms. The van der Waals surface area contributed by atoms with Crippen LogP contribution < -0.4 is 9.47 Å². The quantitative estimate of drug-likeness (QED) is 0.623. The van der Waals surface area contributed by atoms with Gasteiger partial charge in [-0.2, -0.15) is 0 Å². The van der Waals surface area contributed by atoms with E-state index >= 15 is 0 Å². The molecule has 0 saturated heterocycles. The molecule has 23 heavy (non-hydrogen) atoms. The average Bonchev–Trinajstić information content (AvgIpc) is 2.49. The second kappa shape index (κ2) is 8.03. The van der Waals surface area contributed by atoms with Crippen molar-refractivity contribution in [1.82, 2.24) is 0 Å². The predicted octanol–water partition coefficient (Wildman–Crippen LogP) is 3.86. The van der Waals surface area contributed by atoms with Crippen molar-refractivity contribution in [2.24, 2.45) is 0 Å². The van der Waals surface area contributed by atoms with Gasteiger partial charge in [0.05, 0.1) is 0 Å². The van der Waals surface area contributed by atoms with Crippen LogP contribution in [0.5, 0.6) is 11.5 Å². The van der Waals surface area contributed by atoms with Crippen molar-refractivity contribution in [2.75, 3.05) is 13.2 Å². The summed E-state index contributed by atoms with van der Waals surface area (Å²) in [5.41, 5.74) is 3.11. The first kappa shape index (κ1) is 16.6. The molecule has 0 radical (unpaired) electrons. The first-order valence-corrected chi connectivity index (χ1v) is 7.38. The molecule has 120 valence electrons. The SMILES string of the molecule is Cc1cc(C)cc(OCCOc2cccc(C=CC(=O)O)c2)c1. The number of hydrogen-bond acceptors (Lipinski definition) is 3. The molecule has 0 atom stereocenters. The largest absolute Gasteiger partial charge is 0.490 e. The molecule has 2 rings (SSSR count). The zero-order chi connectivity index (χ0) is 16.7. The van der Waals surface area contributed by atoms with Crippen LogP contribution in [-0.4, -0.2) is 24.3 Å². The molecule has 0 bridgehead atoms. The van der Waals surface area contributed by atoms with Crippen molar-refractivity contribution in [3.05, 3.63) is 65.2 Å². The van der Waals surface area contributed by atoms with E-state index in [-0.39, 0.29) is 0 Å². The van der Waals surface area contributed by atoms with Crippen LogP contribution in [0.3, 0.4) is 0 Å². The summed E-state index contributed by atoms with van der Waals surface area (Å²) in [7, 11) is 0. The van der Waals surface area contributed by atoms with Crippen molar-refractivity contribution in [2.45, 2.75) is 13.8 Å². The van der Waals surface area contributed by atoms with Gasteiger partial charge in [-0.25, -0.2) is 4.79 Å². The Labute approximate surface area is 136 Å². The summed E-state index contributed by atoms with van der Waals surface area (Å²) < 4.78 is 11.3. The van der Waals surface area contributed by atoms with E-state index in [9.17, 15) is 4.79 Å². The monoisotopic (exact) mass is 312 g/mol. The Morgan fingerprint density at radius 3 is 2.30 bits per heavy atom. The Hall–Kier alpha value is -2.75. The third-order valence-electron chi connectivity index (χ3n) is 3.09. The van der Waals surface area contributed by atoms with Gasteiger partial charge in [-0.05, 0) is 60.9 Å². The molecule has 0 unspecified atom stereocenters. The van der Waals surface area contributed by atoms with Gasteiger partial charge < -0.3 is 14.6 Å². The maximum atomic E-state index is 10.5. The van der Waals surface area contributed by atoms with E-state index in [1.54, 1.807) is 6.07 Å². The highest BCUT2D eigenvalue weighted by Gasteiger charge is 1.99. The zero-order valence-corrected chi connectivity index (χ0v) is 13.3. The summed E-state index contributed by atoms with van der Waals surface area (Å²) in [5.74, 6) is 0.545. The van der Waals surface area contributed by atoms with E-state index in [4.69, 9.17) is 14.6 Å². The number of aryl methyl sites for hydroxylation is 2. The van der Waals surface area contributed by atoms with Crippen LogP contribution in [0.25, 0.3) is 6.08 Å². The minimum atomic E-state index is -0.974. The molecule has 4 nitrogen and oxygen atoms in total. The van der Waals surface area contributed by atoms with Crippen molar-refractivity contribution in [3.63, 3.8) is 0 Å². The van der Waals surface area contributed by atoms with Gasteiger partial charge in [-0.3, -0.25) is 0 Å². The predicted molar refractivity (Wildman–Crippen MR) is 90.0 cm³/mol. The first-order valence-electron chi connectivity index (χ1n) is 7.38. The van der Waals surface area contributed by atoms with E-state index < -0.39 is 5.97 Å². The molecule has 0 amide bonds. The number of aliphatic carboxylic acids is 1. The van der Waals surface area contributed by atoms with Crippen molar-refractivity contribution < 1.29 is 19.4 Å². The molecule has 0 fully saturated rings. The Bertz CT molecular complexity index is 684. The average molecular weight is 312 g/mol. The summed E-state index contributed by atoms with van der Waals surface area (Å²) in [5, 5.41) is 8.63. The lowest BCUT2D eigenvalue weighted by atomic mass is 10.1. The fourth-order valence-electron chi connectivity index (χ4n) is 2.21. The molecule has 0 saturated carbocycles. The summed E-state index contributed by atoms with van der Waals surface area (Å²) in [6.45, 7) is 4.93. The molecule has 0 aliphatic heterocycles. The number of carboxylic acid groups (broad SMARTS) is 1. The molecule has 0 aliphatic rings. The zero-order valence-electron chi connectivity index (χ0n) is 13.3. The van der Waals surface area contributed by atoms with Gasteiger partial charge in [-0.1, -0.05) is 18.2 Å². The fourth-order valence-corrected chi connectivity index (χ4v) is 2.21. The van der Waals surface area contributed by atoms with Gasteiger partial charge in [0.2, 0.25) is 0 Å². The lowest BCUT2D eigenvalue weighted by Crippen LogP contribution is -2.09. The summed E-state index contributed by atoms with van der Waals surface area (Å²) in [6, 6.07) is 13.3. The summed E-state index contributed by atoms with van der Waals surface area (Å²) in [4.78, 5) is 10.5. The van der Waals surface area contributed by atoms with Crippen molar-refractivity contribution in [1.29, 1.82) is 0 Å². The van der Waals surface area contributed by atoms with Crippen LogP contribution in [0.4, 0.5) is 0 Å². The number of ether oxygens (including phenoxy) is 2. The number of carbonyl (C=O) groups is 1. The smallest absolute Gasteiger partial charge is 0.328 e. The highest BCUT2D eigenvalue weighted by atomic mass is 16.5. The van der Waals surface area contributed by atoms with Gasteiger partial charge in [0.15, 0.2) is 0 Å². The van der Waals surface area contributed by atoms with Crippen LogP contribution in [-0.2, 0) is 4.79 Å². The van der Waals surface area contributed by atoms with Crippen LogP contribution in [0.1, 0.15) is 16.7 Å². The Kier molecular flexibility index (Phi) is 5.80. The molecule has 0 aromatic heterocycles. The minimum Gasteiger partial charge on any atom is -0.490 e. The molecule has 0 aliphatic carbocycles. The van der Waals surface area contributed by atoms with Crippen molar-refractivity contribution >= 4 is 12.0 Å². The number of carboxylic acids is 1. The minimum absolute atomic E-state index is 0.416. The topological polar surface area (TPSA) is 55.8 Å². The Balaban J connectivity index is 1.84. The molecule has 2 aromatic rings. The maximum Gasteiger partial charge on any atom is 0.328 e. The fraction of sp³-hybridized carbons (Fsp3) is 0.211. The highest BCUT2D eigenvalue weighted by molar-refractivity contribution is 5.85. The maximum absolute atomic E-state index is 10.5. The molecule has 2 aromatic carbocycles. The second-order valence-electron chi connectivity index (χ2n) is 5.26. The standard InChI is InChI=1S/C19H20O4/c1-14-10-15(2)12-18(11-14)23-9-8-22-17-5-3-4-16(13-17)6-7-19(20)21/h3-7,10-13H,8-9H2,1-2H3,(H,20,21). The molecular formula is C19H20O4. The Morgan fingerprint density at radius 2 is 1.65 bits per heavy atom. The Morgan fingerprint density at radius 1 is 1.00 bits per heavy atom. The molecular weight excluding hydrogens is 292 g/mol. The van der Waals surface area contributed by atoms with Crippen LogP contribution in [0.2, 0.25) is 0 Å². The van der Waals surface area contributed by atoms with Crippen LogP contribution in [0, 0.1) is 13.8 Å². The first-order chi connectivity index (χ1) is 11.0. The van der Waals surface area contributed by atoms with Crippen molar-refractivity contribution in [3.8, 4) is 11.5 Å².